The maximum Gasteiger partial charge on any atom is 0.0589 e. The second-order valence-electron chi connectivity index (χ2n) is 4.76. The van der Waals surface area contributed by atoms with Gasteiger partial charge in [0.05, 0.1) is 6.04 Å². The van der Waals surface area contributed by atoms with E-state index in [1.807, 2.05) is 18.2 Å². The first kappa shape index (κ1) is 17.5. The SMILES string of the molecule is CCCNC(c1cc(Cl)cc(Br)c1)c1cc(Br)ccc1Br. The molecular weight excluding hydrogens is 481 g/mol. The van der Waals surface area contributed by atoms with Crippen molar-refractivity contribution >= 4 is 59.4 Å². The van der Waals surface area contributed by atoms with E-state index in [2.05, 4.69) is 78.2 Å². The molecule has 0 saturated carbocycles. The van der Waals surface area contributed by atoms with Crippen LogP contribution in [-0.4, -0.2) is 6.54 Å². The molecule has 2 rings (SSSR count). The van der Waals surface area contributed by atoms with Crippen molar-refractivity contribution in [2.75, 3.05) is 6.54 Å². The summed E-state index contributed by atoms with van der Waals surface area (Å²) in [6.45, 7) is 3.10. The minimum Gasteiger partial charge on any atom is -0.306 e. The van der Waals surface area contributed by atoms with Crippen molar-refractivity contribution in [2.45, 2.75) is 19.4 Å². The van der Waals surface area contributed by atoms with Crippen molar-refractivity contribution in [3.8, 4) is 0 Å². The Hall–Kier alpha value is 0.130. The highest BCUT2D eigenvalue weighted by Gasteiger charge is 2.17. The lowest BCUT2D eigenvalue weighted by molar-refractivity contribution is 0.596. The average Bonchev–Trinajstić information content (AvgIpc) is 2.42. The highest BCUT2D eigenvalue weighted by Crippen LogP contribution is 2.33. The van der Waals surface area contributed by atoms with Crippen LogP contribution in [0.1, 0.15) is 30.5 Å². The summed E-state index contributed by atoms with van der Waals surface area (Å²) >= 11 is 16.9. The van der Waals surface area contributed by atoms with Gasteiger partial charge in [0.2, 0.25) is 0 Å². The Morgan fingerprint density at radius 1 is 1.05 bits per heavy atom. The van der Waals surface area contributed by atoms with Crippen LogP contribution in [0.3, 0.4) is 0 Å². The van der Waals surface area contributed by atoms with Gasteiger partial charge in [0.1, 0.15) is 0 Å². The molecule has 0 heterocycles. The molecule has 0 aliphatic rings. The molecule has 0 spiro atoms. The van der Waals surface area contributed by atoms with Crippen molar-refractivity contribution in [1.29, 1.82) is 0 Å². The van der Waals surface area contributed by atoms with Crippen LogP contribution in [0.15, 0.2) is 49.8 Å². The molecule has 0 aliphatic heterocycles. The number of hydrogen-bond donors (Lipinski definition) is 1. The summed E-state index contributed by atoms with van der Waals surface area (Å²) in [5.41, 5.74) is 2.33. The minimum absolute atomic E-state index is 0.0897. The Bertz CT molecular complexity index is 611. The first-order chi connectivity index (χ1) is 10.0. The molecule has 21 heavy (non-hydrogen) atoms. The molecular formula is C16H15Br3ClN. The number of hydrogen-bond acceptors (Lipinski definition) is 1. The smallest absolute Gasteiger partial charge is 0.0589 e. The van der Waals surface area contributed by atoms with Gasteiger partial charge in [-0.1, -0.05) is 66.3 Å². The maximum atomic E-state index is 6.21. The molecule has 1 unspecified atom stereocenters. The standard InChI is InChI=1S/C16H15Br3ClN/c1-2-5-21-16(10-6-12(18)8-13(20)7-10)14-9-11(17)3-4-15(14)19/h3-4,6-9,16,21H,2,5H2,1H3. The Balaban J connectivity index is 2.49. The van der Waals surface area contributed by atoms with Crippen LogP contribution in [0.25, 0.3) is 0 Å². The van der Waals surface area contributed by atoms with Crippen LogP contribution < -0.4 is 5.32 Å². The zero-order chi connectivity index (χ0) is 15.4. The second-order valence-corrected chi connectivity index (χ2v) is 7.88. The summed E-state index contributed by atoms with van der Waals surface area (Å²) in [6, 6.07) is 12.3. The second kappa shape index (κ2) is 8.11. The van der Waals surface area contributed by atoms with Crippen LogP contribution in [0.4, 0.5) is 0 Å². The van der Waals surface area contributed by atoms with Crippen LogP contribution in [-0.2, 0) is 0 Å². The topological polar surface area (TPSA) is 12.0 Å². The van der Waals surface area contributed by atoms with E-state index in [-0.39, 0.29) is 6.04 Å². The summed E-state index contributed by atoms with van der Waals surface area (Å²) in [4.78, 5) is 0. The normalized spacial score (nSPS) is 12.4. The van der Waals surface area contributed by atoms with E-state index in [4.69, 9.17) is 11.6 Å². The zero-order valence-corrected chi connectivity index (χ0v) is 17.0. The summed E-state index contributed by atoms with van der Waals surface area (Å²) in [7, 11) is 0. The van der Waals surface area contributed by atoms with Crippen LogP contribution in [0.5, 0.6) is 0 Å². The summed E-state index contributed by atoms with van der Waals surface area (Å²) < 4.78 is 3.12. The molecule has 5 heteroatoms. The Morgan fingerprint density at radius 3 is 2.48 bits per heavy atom. The van der Waals surface area contributed by atoms with Gasteiger partial charge in [-0.05, 0) is 60.5 Å². The number of benzene rings is 2. The average molecular weight is 496 g/mol. The van der Waals surface area contributed by atoms with Crippen molar-refractivity contribution in [2.24, 2.45) is 0 Å². The van der Waals surface area contributed by atoms with Gasteiger partial charge < -0.3 is 5.32 Å². The Morgan fingerprint density at radius 2 is 1.81 bits per heavy atom. The predicted octanol–water partition coefficient (Wildman–Crippen LogP) is 6.72. The van der Waals surface area contributed by atoms with Gasteiger partial charge in [0.25, 0.3) is 0 Å². The van der Waals surface area contributed by atoms with E-state index >= 15 is 0 Å². The van der Waals surface area contributed by atoms with Crippen molar-refractivity contribution in [3.63, 3.8) is 0 Å². The van der Waals surface area contributed by atoms with E-state index < -0.39 is 0 Å². The third-order valence-corrected chi connectivity index (χ3v) is 4.98. The zero-order valence-electron chi connectivity index (χ0n) is 11.5. The van der Waals surface area contributed by atoms with Crippen molar-refractivity contribution in [3.05, 3.63) is 66.0 Å². The van der Waals surface area contributed by atoms with Gasteiger partial charge >= 0.3 is 0 Å². The first-order valence-corrected chi connectivity index (χ1v) is 9.41. The summed E-state index contributed by atoms with van der Waals surface area (Å²) in [6.07, 6.45) is 1.07. The van der Waals surface area contributed by atoms with Gasteiger partial charge in [-0.25, -0.2) is 0 Å². The monoisotopic (exact) mass is 493 g/mol. The van der Waals surface area contributed by atoms with Gasteiger partial charge in [-0.3, -0.25) is 0 Å². The molecule has 0 aliphatic carbocycles. The molecule has 0 amide bonds. The fraction of sp³-hybridized carbons (Fsp3) is 0.250. The van der Waals surface area contributed by atoms with Gasteiger partial charge in [-0.15, -0.1) is 0 Å². The Kier molecular flexibility index (Phi) is 6.76. The molecule has 0 radical (unpaired) electrons. The lowest BCUT2D eigenvalue weighted by Crippen LogP contribution is -2.23. The highest BCUT2D eigenvalue weighted by atomic mass is 79.9. The molecule has 2 aromatic rings. The number of nitrogens with one attached hydrogen (secondary N) is 1. The highest BCUT2D eigenvalue weighted by molar-refractivity contribution is 9.11. The minimum atomic E-state index is 0.0897. The lowest BCUT2D eigenvalue weighted by Gasteiger charge is -2.22. The van der Waals surface area contributed by atoms with Crippen molar-refractivity contribution in [1.82, 2.24) is 5.32 Å². The molecule has 1 nitrogen and oxygen atoms in total. The van der Waals surface area contributed by atoms with Crippen LogP contribution in [0.2, 0.25) is 5.02 Å². The van der Waals surface area contributed by atoms with E-state index in [0.29, 0.717) is 0 Å². The van der Waals surface area contributed by atoms with E-state index in [0.717, 1.165) is 37.0 Å². The maximum absolute atomic E-state index is 6.21. The fourth-order valence-corrected chi connectivity index (χ4v) is 3.91. The first-order valence-electron chi connectivity index (χ1n) is 6.65. The molecule has 1 atom stereocenters. The molecule has 0 fully saturated rings. The molecule has 2 aromatic carbocycles. The molecule has 112 valence electrons. The van der Waals surface area contributed by atoms with Gasteiger partial charge in [0, 0.05) is 18.4 Å². The van der Waals surface area contributed by atoms with Gasteiger partial charge in [0.15, 0.2) is 0 Å². The fourth-order valence-electron chi connectivity index (χ4n) is 2.17. The Labute approximate surface area is 155 Å². The summed E-state index contributed by atoms with van der Waals surface area (Å²) in [5.74, 6) is 0. The molecule has 0 saturated heterocycles. The van der Waals surface area contributed by atoms with Crippen molar-refractivity contribution < 1.29 is 0 Å². The largest absolute Gasteiger partial charge is 0.306 e. The number of rotatable bonds is 5. The third-order valence-electron chi connectivity index (χ3n) is 3.09. The van der Waals surface area contributed by atoms with Crippen LogP contribution >= 0.6 is 59.4 Å². The van der Waals surface area contributed by atoms with E-state index in [9.17, 15) is 0 Å². The molecule has 0 aromatic heterocycles. The summed E-state index contributed by atoms with van der Waals surface area (Å²) in [5, 5.41) is 4.32. The number of halogens is 4. The molecule has 1 N–H and O–H groups in total. The van der Waals surface area contributed by atoms with Gasteiger partial charge in [-0.2, -0.15) is 0 Å². The molecule has 0 bridgehead atoms. The third kappa shape index (κ3) is 4.80. The lowest BCUT2D eigenvalue weighted by atomic mass is 9.98. The van der Waals surface area contributed by atoms with Crippen LogP contribution in [0, 0.1) is 0 Å². The predicted molar refractivity (Wildman–Crippen MR) is 101 cm³/mol. The quantitative estimate of drug-likeness (QED) is 0.485. The van der Waals surface area contributed by atoms with E-state index in [1.165, 1.54) is 5.56 Å². The van der Waals surface area contributed by atoms with E-state index in [1.54, 1.807) is 0 Å².